The molecular weight excluding hydrogens is 251 g/mol. The Kier molecular flexibility index (Phi) is 4.15. The Hall–Kier alpha value is -1.26. The van der Waals surface area contributed by atoms with Gasteiger partial charge in [-0.3, -0.25) is 0 Å². The van der Waals surface area contributed by atoms with Crippen LogP contribution in [0, 0.1) is 0 Å². The smallest absolute Gasteiger partial charge is 0.339 e. The third kappa shape index (κ3) is 2.28. The summed E-state index contributed by atoms with van der Waals surface area (Å²) in [6, 6.07) is 3.43. The molecule has 0 atom stereocenters. The van der Waals surface area contributed by atoms with E-state index in [9.17, 15) is 4.79 Å². The number of esters is 1. The van der Waals surface area contributed by atoms with E-state index in [1.807, 2.05) is 0 Å². The van der Waals surface area contributed by atoms with Crippen molar-refractivity contribution in [3.63, 3.8) is 0 Å². The number of carbonyl (C=O) groups is 1. The lowest BCUT2D eigenvalue weighted by Crippen LogP contribution is -2.02. The van der Waals surface area contributed by atoms with Gasteiger partial charge in [-0.15, -0.1) is 24.0 Å². The summed E-state index contributed by atoms with van der Waals surface area (Å²) < 4.78 is 6.37. The highest BCUT2D eigenvalue weighted by molar-refractivity contribution is 6.16. The molecule has 0 aliphatic heterocycles. The number of aromatic nitrogens is 2. The minimum absolute atomic E-state index is 0. The van der Waals surface area contributed by atoms with Gasteiger partial charge in [0.25, 0.3) is 0 Å². The lowest BCUT2D eigenvalue weighted by atomic mass is 10.3. The van der Waals surface area contributed by atoms with Crippen LogP contribution in [-0.4, -0.2) is 22.5 Å². The number of nitrogens with zero attached hydrogens (tertiary/aromatic N) is 2. The van der Waals surface area contributed by atoms with Gasteiger partial charge in [-0.25, -0.2) is 9.78 Å². The fourth-order valence-electron chi connectivity index (χ4n) is 1.35. The largest absolute Gasteiger partial charge is 0.465 e. The van der Waals surface area contributed by atoms with Crippen molar-refractivity contribution in [2.45, 2.75) is 5.88 Å². The number of carbonyl (C=O) groups excluding carboxylic acids is 1. The molecule has 0 unspecified atom stereocenters. The van der Waals surface area contributed by atoms with Crippen molar-refractivity contribution in [2.75, 3.05) is 7.11 Å². The van der Waals surface area contributed by atoms with Crippen molar-refractivity contribution in [3.8, 4) is 0 Å². The van der Waals surface area contributed by atoms with Gasteiger partial charge in [-0.1, -0.05) is 0 Å². The highest BCUT2D eigenvalue weighted by Crippen LogP contribution is 2.10. The predicted octanol–water partition coefficient (Wildman–Crippen LogP) is 2.28. The monoisotopic (exact) mass is 260 g/mol. The van der Waals surface area contributed by atoms with E-state index in [0.29, 0.717) is 11.4 Å². The molecule has 0 saturated heterocycles. The molecule has 2 rings (SSSR count). The number of rotatable bonds is 2. The van der Waals surface area contributed by atoms with E-state index < -0.39 is 0 Å². The molecule has 86 valence electrons. The number of methoxy groups -OCH3 is 1. The summed E-state index contributed by atoms with van der Waals surface area (Å²) >= 11 is 5.66. The maximum absolute atomic E-state index is 11.3. The van der Waals surface area contributed by atoms with Crippen LogP contribution in [0.4, 0.5) is 0 Å². The molecule has 0 aliphatic rings. The number of imidazole rings is 1. The molecule has 6 heteroatoms. The number of ether oxygens (including phenoxy) is 1. The minimum Gasteiger partial charge on any atom is -0.465 e. The van der Waals surface area contributed by atoms with Crippen LogP contribution in [0.15, 0.2) is 24.5 Å². The van der Waals surface area contributed by atoms with Crippen LogP contribution < -0.4 is 0 Å². The van der Waals surface area contributed by atoms with E-state index in [1.54, 1.807) is 28.9 Å². The molecule has 0 bridgehead atoms. The Morgan fingerprint density at radius 3 is 2.88 bits per heavy atom. The van der Waals surface area contributed by atoms with E-state index in [1.165, 1.54) is 7.11 Å². The zero-order chi connectivity index (χ0) is 10.8. The molecule has 0 aliphatic carbocycles. The van der Waals surface area contributed by atoms with Gasteiger partial charge in [0.05, 0.1) is 24.2 Å². The van der Waals surface area contributed by atoms with Gasteiger partial charge in [0.1, 0.15) is 5.65 Å². The average molecular weight is 261 g/mol. The van der Waals surface area contributed by atoms with E-state index in [-0.39, 0.29) is 18.4 Å². The number of hydrogen-bond donors (Lipinski definition) is 0. The van der Waals surface area contributed by atoms with Crippen LogP contribution in [-0.2, 0) is 10.6 Å². The fraction of sp³-hybridized carbons (Fsp3) is 0.200. The third-order valence-corrected chi connectivity index (χ3v) is 2.33. The SMILES string of the molecule is COC(=O)c1ccc2nc(CCl)cn2c1.Cl. The van der Waals surface area contributed by atoms with Crippen LogP contribution >= 0.6 is 24.0 Å². The Labute approximate surface area is 104 Å². The first-order chi connectivity index (χ1) is 7.24. The summed E-state index contributed by atoms with van der Waals surface area (Å²) in [6.45, 7) is 0. The summed E-state index contributed by atoms with van der Waals surface area (Å²) in [7, 11) is 1.35. The molecule has 16 heavy (non-hydrogen) atoms. The van der Waals surface area contributed by atoms with Crippen molar-refractivity contribution in [2.24, 2.45) is 0 Å². The Morgan fingerprint density at radius 2 is 2.25 bits per heavy atom. The zero-order valence-electron chi connectivity index (χ0n) is 8.51. The fourth-order valence-corrected chi connectivity index (χ4v) is 1.48. The average Bonchev–Trinajstić information content (AvgIpc) is 2.69. The number of alkyl halides is 1. The molecule has 2 aromatic heterocycles. The first-order valence-corrected chi connectivity index (χ1v) is 4.90. The standard InChI is InChI=1S/C10H9ClN2O2.ClH/c1-15-10(14)7-2-3-9-12-8(4-11)6-13(9)5-7;/h2-3,5-6H,4H2,1H3;1H. The van der Waals surface area contributed by atoms with Crippen molar-refractivity contribution in [1.82, 2.24) is 9.38 Å². The molecule has 0 radical (unpaired) electrons. The van der Waals surface area contributed by atoms with Gasteiger partial charge >= 0.3 is 5.97 Å². The van der Waals surface area contributed by atoms with Gasteiger partial charge in [0.2, 0.25) is 0 Å². The summed E-state index contributed by atoms with van der Waals surface area (Å²) in [4.78, 5) is 15.5. The second-order valence-corrected chi connectivity index (χ2v) is 3.31. The van der Waals surface area contributed by atoms with Crippen LogP contribution in [0.2, 0.25) is 0 Å². The molecule has 2 heterocycles. The second-order valence-electron chi connectivity index (χ2n) is 3.04. The van der Waals surface area contributed by atoms with Crippen molar-refractivity contribution in [1.29, 1.82) is 0 Å². The highest BCUT2D eigenvalue weighted by Gasteiger charge is 2.07. The first kappa shape index (κ1) is 12.8. The first-order valence-electron chi connectivity index (χ1n) is 4.36. The van der Waals surface area contributed by atoms with Gasteiger partial charge in [0.15, 0.2) is 0 Å². The van der Waals surface area contributed by atoms with E-state index in [0.717, 1.165) is 11.3 Å². The Morgan fingerprint density at radius 1 is 1.50 bits per heavy atom. The number of fused-ring (bicyclic) bond motifs is 1. The number of pyridine rings is 1. The van der Waals surface area contributed by atoms with Crippen molar-refractivity contribution in [3.05, 3.63) is 35.8 Å². The minimum atomic E-state index is -0.363. The molecule has 0 aromatic carbocycles. The normalized spacial score (nSPS) is 9.88. The Bertz CT molecular complexity index is 510. The molecule has 0 N–H and O–H groups in total. The van der Waals surface area contributed by atoms with Crippen LogP contribution in [0.5, 0.6) is 0 Å². The van der Waals surface area contributed by atoms with Gasteiger partial charge in [-0.2, -0.15) is 0 Å². The molecule has 0 saturated carbocycles. The predicted molar refractivity (Wildman–Crippen MR) is 63.3 cm³/mol. The summed E-state index contributed by atoms with van der Waals surface area (Å²) in [6.07, 6.45) is 3.46. The third-order valence-electron chi connectivity index (χ3n) is 2.06. The second kappa shape index (κ2) is 5.18. The summed E-state index contributed by atoms with van der Waals surface area (Å²) in [5.41, 5.74) is 2.03. The molecular formula is C10H10Cl2N2O2. The van der Waals surface area contributed by atoms with Crippen LogP contribution in [0.25, 0.3) is 5.65 Å². The molecule has 2 aromatic rings. The number of halogens is 2. The van der Waals surface area contributed by atoms with Gasteiger partial charge in [0, 0.05) is 12.4 Å². The van der Waals surface area contributed by atoms with E-state index in [4.69, 9.17) is 11.6 Å². The lowest BCUT2D eigenvalue weighted by Gasteiger charge is -1.99. The molecule has 0 amide bonds. The van der Waals surface area contributed by atoms with Crippen molar-refractivity contribution < 1.29 is 9.53 Å². The summed E-state index contributed by atoms with van der Waals surface area (Å²) in [5.74, 6) is -0.00655. The maximum atomic E-state index is 11.3. The summed E-state index contributed by atoms with van der Waals surface area (Å²) in [5, 5.41) is 0. The topological polar surface area (TPSA) is 43.6 Å². The molecule has 4 nitrogen and oxygen atoms in total. The quantitative estimate of drug-likeness (QED) is 0.615. The lowest BCUT2D eigenvalue weighted by molar-refractivity contribution is 0.0600. The van der Waals surface area contributed by atoms with Gasteiger partial charge in [-0.05, 0) is 12.1 Å². The number of hydrogen-bond acceptors (Lipinski definition) is 3. The van der Waals surface area contributed by atoms with Crippen LogP contribution in [0.3, 0.4) is 0 Å². The zero-order valence-corrected chi connectivity index (χ0v) is 10.1. The van der Waals surface area contributed by atoms with E-state index >= 15 is 0 Å². The Balaban J connectivity index is 0.00000128. The van der Waals surface area contributed by atoms with Crippen molar-refractivity contribution >= 4 is 35.6 Å². The molecule has 0 fully saturated rings. The molecule has 0 spiro atoms. The van der Waals surface area contributed by atoms with Gasteiger partial charge < -0.3 is 9.14 Å². The van der Waals surface area contributed by atoms with E-state index in [2.05, 4.69) is 9.72 Å². The maximum Gasteiger partial charge on any atom is 0.339 e. The highest BCUT2D eigenvalue weighted by atomic mass is 35.5. The van der Waals surface area contributed by atoms with Crippen LogP contribution in [0.1, 0.15) is 16.1 Å².